The van der Waals surface area contributed by atoms with Crippen LogP contribution in [-0.4, -0.2) is 0 Å². The minimum atomic E-state index is 0.625. The van der Waals surface area contributed by atoms with Gasteiger partial charge in [-0.3, -0.25) is 0 Å². The lowest BCUT2D eigenvalue weighted by Crippen LogP contribution is -2.18. The highest BCUT2D eigenvalue weighted by Gasteiger charge is 2.52. The lowest BCUT2D eigenvalue weighted by Gasteiger charge is -2.31. The Balaban J connectivity index is 1.26. The maximum absolute atomic E-state index is 8.66. The molecule has 2 aromatic rings. The van der Waals surface area contributed by atoms with E-state index in [1.807, 2.05) is 24.3 Å². The summed E-state index contributed by atoms with van der Waals surface area (Å²) in [5, 5.41) is 17.3. The third-order valence-electron chi connectivity index (χ3n) is 7.68. The Labute approximate surface area is 171 Å². The first-order valence-corrected chi connectivity index (χ1v) is 10.6. The Morgan fingerprint density at radius 3 is 1.41 bits per heavy atom. The van der Waals surface area contributed by atoms with Crippen molar-refractivity contribution in [1.82, 2.24) is 0 Å². The summed E-state index contributed by atoms with van der Waals surface area (Å²) in [5.41, 5.74) is 2.79. The third-order valence-corrected chi connectivity index (χ3v) is 7.68. The summed E-state index contributed by atoms with van der Waals surface area (Å²) in [4.78, 5) is 0. The molecule has 5 rings (SSSR count). The van der Waals surface area contributed by atoms with Crippen LogP contribution in [0.2, 0.25) is 0 Å². The summed E-state index contributed by atoms with van der Waals surface area (Å²) in [6, 6.07) is 16.3. The van der Waals surface area contributed by atoms with E-state index in [1.165, 1.54) is 43.2 Å². The van der Waals surface area contributed by atoms with Gasteiger partial charge in [0.1, 0.15) is 11.5 Å². The molecule has 0 N–H and O–H groups in total. The Bertz CT molecular complexity index is 934. The zero-order chi connectivity index (χ0) is 19.8. The van der Waals surface area contributed by atoms with E-state index in [0.717, 1.165) is 23.7 Å². The van der Waals surface area contributed by atoms with Crippen LogP contribution >= 0.6 is 0 Å². The van der Waals surface area contributed by atoms with E-state index in [-0.39, 0.29) is 0 Å². The van der Waals surface area contributed by atoms with E-state index in [0.29, 0.717) is 23.3 Å². The Morgan fingerprint density at radius 2 is 1.00 bits per heavy atom. The van der Waals surface area contributed by atoms with Crippen molar-refractivity contribution in [1.29, 1.82) is 10.5 Å². The molecule has 4 heteroatoms. The Hall–Kier alpha value is -2.98. The molecule has 3 fully saturated rings. The molecule has 3 aliphatic carbocycles. The molecule has 146 valence electrons. The third kappa shape index (κ3) is 3.34. The van der Waals surface area contributed by atoms with Gasteiger partial charge in [0.25, 0.3) is 12.5 Å². The Morgan fingerprint density at radius 1 is 0.586 bits per heavy atom. The summed E-state index contributed by atoms with van der Waals surface area (Å²) in [7, 11) is 0. The van der Waals surface area contributed by atoms with Gasteiger partial charge in [-0.2, -0.15) is 0 Å². The van der Waals surface area contributed by atoms with Crippen LogP contribution < -0.4 is 9.47 Å². The van der Waals surface area contributed by atoms with Gasteiger partial charge >= 0.3 is 0 Å². The molecule has 0 aliphatic heterocycles. The fourth-order valence-electron chi connectivity index (χ4n) is 6.56. The molecule has 4 atom stereocenters. The molecule has 0 saturated heterocycles. The van der Waals surface area contributed by atoms with Gasteiger partial charge in [-0.15, -0.1) is 10.5 Å². The van der Waals surface area contributed by atoms with Crippen molar-refractivity contribution in [2.24, 2.45) is 23.7 Å². The number of hydrogen-bond donors (Lipinski definition) is 0. The molecule has 0 aromatic heterocycles. The van der Waals surface area contributed by atoms with Gasteiger partial charge in [0.15, 0.2) is 0 Å². The predicted molar refractivity (Wildman–Crippen MR) is 108 cm³/mol. The molecule has 3 saturated carbocycles. The van der Waals surface area contributed by atoms with Gasteiger partial charge in [-0.25, -0.2) is 0 Å². The molecule has 2 bridgehead atoms. The topological polar surface area (TPSA) is 66.0 Å². The molecule has 2 aromatic carbocycles. The van der Waals surface area contributed by atoms with Crippen molar-refractivity contribution < 1.29 is 9.47 Å². The van der Waals surface area contributed by atoms with E-state index in [9.17, 15) is 0 Å². The maximum atomic E-state index is 8.66. The van der Waals surface area contributed by atoms with Crippen molar-refractivity contribution in [2.75, 3.05) is 0 Å². The quantitative estimate of drug-likeness (QED) is 0.631. The average Bonchev–Trinajstić information content (AvgIpc) is 3.29. The fourth-order valence-corrected chi connectivity index (χ4v) is 6.56. The molecule has 3 aliphatic rings. The number of hydrogen-bond acceptors (Lipinski definition) is 4. The minimum Gasteiger partial charge on any atom is -0.388 e. The second-order valence-corrected chi connectivity index (χ2v) is 8.94. The molecule has 0 amide bonds. The first-order valence-electron chi connectivity index (χ1n) is 10.6. The van der Waals surface area contributed by atoms with Crippen LogP contribution in [0.15, 0.2) is 48.5 Å². The van der Waals surface area contributed by atoms with Crippen LogP contribution in [0.4, 0.5) is 0 Å². The van der Waals surface area contributed by atoms with E-state index in [4.69, 9.17) is 20.0 Å². The van der Waals surface area contributed by atoms with E-state index in [2.05, 4.69) is 24.3 Å². The number of nitriles is 2. The van der Waals surface area contributed by atoms with Crippen molar-refractivity contribution in [3.63, 3.8) is 0 Å². The fraction of sp³-hybridized carbons (Fsp3) is 0.440. The monoisotopic (exact) mass is 384 g/mol. The summed E-state index contributed by atoms with van der Waals surface area (Å²) in [6.07, 6.45) is 10.1. The molecular formula is C25H24N2O2. The molecule has 0 heterocycles. The Kier molecular flexibility index (Phi) is 4.64. The van der Waals surface area contributed by atoms with Crippen molar-refractivity contribution in [2.45, 2.75) is 43.9 Å². The van der Waals surface area contributed by atoms with Gasteiger partial charge < -0.3 is 9.47 Å². The second-order valence-electron chi connectivity index (χ2n) is 8.94. The second kappa shape index (κ2) is 7.45. The predicted octanol–water partition coefficient (Wildman–Crippen LogP) is 5.73. The van der Waals surface area contributed by atoms with E-state index < -0.39 is 0 Å². The first-order chi connectivity index (χ1) is 14.2. The summed E-state index contributed by atoms with van der Waals surface area (Å²) < 4.78 is 9.84. The van der Waals surface area contributed by atoms with Crippen LogP contribution in [0, 0.1) is 46.7 Å². The van der Waals surface area contributed by atoms with Crippen LogP contribution in [0.25, 0.3) is 0 Å². The standard InChI is InChI=1S/C25H24N2O2/c26-14-28-22-5-1-16(2-6-22)18-9-20-11-21(10-18)25-13-19(12-24(20)25)17-3-7-23(8-4-17)29-15-27/h1-8,18-21,24-25H,9-13H2. The zero-order valence-corrected chi connectivity index (χ0v) is 16.3. The van der Waals surface area contributed by atoms with Crippen LogP contribution in [0.5, 0.6) is 11.5 Å². The van der Waals surface area contributed by atoms with Crippen molar-refractivity contribution in [3.05, 3.63) is 59.7 Å². The maximum Gasteiger partial charge on any atom is 0.292 e. The van der Waals surface area contributed by atoms with Gasteiger partial charge in [0.2, 0.25) is 0 Å². The summed E-state index contributed by atoms with van der Waals surface area (Å²) >= 11 is 0. The van der Waals surface area contributed by atoms with Crippen LogP contribution in [0.3, 0.4) is 0 Å². The lowest BCUT2D eigenvalue weighted by molar-refractivity contribution is 0.275. The molecule has 0 spiro atoms. The van der Waals surface area contributed by atoms with E-state index in [1.54, 1.807) is 12.5 Å². The number of rotatable bonds is 4. The molecular weight excluding hydrogens is 360 g/mol. The smallest absolute Gasteiger partial charge is 0.292 e. The molecule has 0 radical (unpaired) electrons. The number of benzene rings is 2. The minimum absolute atomic E-state index is 0.625. The number of nitrogens with zero attached hydrogens (tertiary/aromatic N) is 2. The van der Waals surface area contributed by atoms with Crippen LogP contribution in [0.1, 0.15) is 55.1 Å². The number of fused-ring (bicyclic) bond motifs is 5. The van der Waals surface area contributed by atoms with Gasteiger partial charge in [0, 0.05) is 0 Å². The van der Waals surface area contributed by atoms with Gasteiger partial charge in [-0.1, -0.05) is 24.3 Å². The van der Waals surface area contributed by atoms with Crippen molar-refractivity contribution >= 4 is 0 Å². The molecule has 29 heavy (non-hydrogen) atoms. The van der Waals surface area contributed by atoms with Crippen molar-refractivity contribution in [3.8, 4) is 24.0 Å². The first kappa shape index (κ1) is 18.1. The lowest BCUT2D eigenvalue weighted by atomic mass is 9.74. The molecule has 4 nitrogen and oxygen atoms in total. The summed E-state index contributed by atoms with van der Waals surface area (Å²) in [6.45, 7) is 0. The SMILES string of the molecule is N#COc1ccc(C2CC3CC(C2)C2CC(c4ccc(OC#N)cc4)CC32)cc1. The van der Waals surface area contributed by atoms with Crippen LogP contribution in [-0.2, 0) is 0 Å². The summed E-state index contributed by atoms with van der Waals surface area (Å²) in [5.74, 6) is 5.92. The highest BCUT2D eigenvalue weighted by Crippen LogP contribution is 2.62. The van der Waals surface area contributed by atoms with E-state index >= 15 is 0 Å². The highest BCUT2D eigenvalue weighted by molar-refractivity contribution is 5.33. The zero-order valence-electron chi connectivity index (χ0n) is 16.3. The van der Waals surface area contributed by atoms with Gasteiger partial charge in [-0.05, 0) is 103 Å². The highest BCUT2D eigenvalue weighted by atomic mass is 16.5. The van der Waals surface area contributed by atoms with Gasteiger partial charge in [0.05, 0.1) is 0 Å². The molecule has 4 unspecified atom stereocenters. The normalized spacial score (nSPS) is 32.1. The average molecular weight is 384 g/mol. The largest absolute Gasteiger partial charge is 0.388 e. The number of ether oxygens (including phenoxy) is 2.